The first-order valence-electron chi connectivity index (χ1n) is 8.10. The Morgan fingerprint density at radius 3 is 2.88 bits per heavy atom. The van der Waals surface area contributed by atoms with Crippen molar-refractivity contribution in [3.63, 3.8) is 0 Å². The molecule has 0 saturated carbocycles. The zero-order valence-electron chi connectivity index (χ0n) is 14.2. The van der Waals surface area contributed by atoms with Crippen LogP contribution in [0.25, 0.3) is 5.69 Å². The Bertz CT molecular complexity index is 930. The van der Waals surface area contributed by atoms with Gasteiger partial charge < -0.3 is 10.1 Å². The number of rotatable bonds is 6. The number of amides is 1. The van der Waals surface area contributed by atoms with Crippen molar-refractivity contribution < 1.29 is 9.53 Å². The Labute approximate surface area is 150 Å². The summed E-state index contributed by atoms with van der Waals surface area (Å²) in [5.74, 6) is -0.0158. The molecule has 2 aromatic heterocycles. The molecule has 26 heavy (non-hydrogen) atoms. The van der Waals surface area contributed by atoms with E-state index in [0.717, 1.165) is 5.69 Å². The highest BCUT2D eigenvalue weighted by Crippen LogP contribution is 2.16. The van der Waals surface area contributed by atoms with Crippen molar-refractivity contribution in [2.24, 2.45) is 0 Å². The molecule has 7 nitrogen and oxygen atoms in total. The third-order valence-corrected chi connectivity index (χ3v) is 3.65. The lowest BCUT2D eigenvalue weighted by atomic mass is 10.1. The summed E-state index contributed by atoms with van der Waals surface area (Å²) >= 11 is 0. The molecule has 1 amide bonds. The molecule has 1 atom stereocenters. The zero-order valence-corrected chi connectivity index (χ0v) is 14.2. The van der Waals surface area contributed by atoms with E-state index in [1.165, 1.54) is 6.20 Å². The van der Waals surface area contributed by atoms with Crippen LogP contribution in [0.3, 0.4) is 0 Å². The van der Waals surface area contributed by atoms with Gasteiger partial charge >= 0.3 is 0 Å². The maximum absolute atomic E-state index is 12.4. The van der Waals surface area contributed by atoms with E-state index in [1.807, 2.05) is 37.3 Å². The van der Waals surface area contributed by atoms with Crippen LogP contribution >= 0.6 is 0 Å². The molecule has 0 aliphatic rings. The second-order valence-corrected chi connectivity index (χ2v) is 5.41. The molecular formula is C19H17N5O2. The second kappa shape index (κ2) is 7.94. The van der Waals surface area contributed by atoms with Crippen LogP contribution in [0.15, 0.2) is 61.1 Å². The van der Waals surface area contributed by atoms with Gasteiger partial charge in [0.15, 0.2) is 0 Å². The summed E-state index contributed by atoms with van der Waals surface area (Å²) in [5, 5.41) is 16.4. The van der Waals surface area contributed by atoms with Crippen LogP contribution in [0, 0.1) is 11.3 Å². The Kier molecular flexibility index (Phi) is 5.25. The van der Waals surface area contributed by atoms with Crippen LogP contribution in [0.4, 0.5) is 0 Å². The van der Waals surface area contributed by atoms with Crippen molar-refractivity contribution in [2.45, 2.75) is 13.0 Å². The summed E-state index contributed by atoms with van der Waals surface area (Å²) in [6, 6.07) is 13.9. The Hall–Kier alpha value is -3.66. The van der Waals surface area contributed by atoms with E-state index in [0.29, 0.717) is 23.6 Å². The summed E-state index contributed by atoms with van der Waals surface area (Å²) in [6.07, 6.45) is 4.79. The molecular weight excluding hydrogens is 330 g/mol. The van der Waals surface area contributed by atoms with E-state index < -0.39 is 6.04 Å². The van der Waals surface area contributed by atoms with Gasteiger partial charge in [-0.2, -0.15) is 10.4 Å². The molecule has 1 unspecified atom stereocenters. The topological polar surface area (TPSA) is 92.8 Å². The number of aromatic nitrogens is 3. The lowest BCUT2D eigenvalue weighted by Gasteiger charge is -2.10. The van der Waals surface area contributed by atoms with Crippen molar-refractivity contribution in [1.82, 2.24) is 20.1 Å². The van der Waals surface area contributed by atoms with E-state index in [4.69, 9.17) is 4.74 Å². The van der Waals surface area contributed by atoms with Gasteiger partial charge in [0, 0.05) is 29.6 Å². The van der Waals surface area contributed by atoms with Gasteiger partial charge in [-0.3, -0.25) is 4.79 Å². The van der Waals surface area contributed by atoms with Gasteiger partial charge in [0.25, 0.3) is 5.91 Å². The van der Waals surface area contributed by atoms with Gasteiger partial charge in [-0.25, -0.2) is 9.67 Å². The lowest BCUT2D eigenvalue weighted by Crippen LogP contribution is -2.27. The molecule has 0 saturated heterocycles. The molecule has 3 rings (SSSR count). The van der Waals surface area contributed by atoms with E-state index in [2.05, 4.69) is 21.5 Å². The van der Waals surface area contributed by atoms with Crippen LogP contribution in [-0.4, -0.2) is 27.3 Å². The van der Waals surface area contributed by atoms with Crippen LogP contribution in [0.2, 0.25) is 0 Å². The molecule has 0 spiro atoms. The minimum absolute atomic E-state index is 0.366. The third kappa shape index (κ3) is 3.87. The van der Waals surface area contributed by atoms with Gasteiger partial charge in [-0.05, 0) is 25.1 Å². The summed E-state index contributed by atoms with van der Waals surface area (Å²) < 4.78 is 6.95. The van der Waals surface area contributed by atoms with Crippen molar-refractivity contribution in [3.8, 4) is 17.6 Å². The van der Waals surface area contributed by atoms with Crippen LogP contribution in [-0.2, 0) is 0 Å². The number of ether oxygens (including phenoxy) is 1. The average Bonchev–Trinajstić information content (AvgIpc) is 3.17. The molecule has 1 aromatic carbocycles. The van der Waals surface area contributed by atoms with Crippen molar-refractivity contribution in [3.05, 3.63) is 72.2 Å². The van der Waals surface area contributed by atoms with Crippen LogP contribution in [0.1, 0.15) is 28.9 Å². The maximum Gasteiger partial charge on any atom is 0.252 e. The minimum Gasteiger partial charge on any atom is -0.478 e. The van der Waals surface area contributed by atoms with E-state index in [1.54, 1.807) is 29.2 Å². The number of carbonyl (C=O) groups excluding carboxylic acids is 1. The highest BCUT2D eigenvalue weighted by Gasteiger charge is 2.18. The predicted molar refractivity (Wildman–Crippen MR) is 94.8 cm³/mol. The number of pyridine rings is 1. The highest BCUT2D eigenvalue weighted by atomic mass is 16.5. The molecule has 3 aromatic rings. The monoisotopic (exact) mass is 347 g/mol. The van der Waals surface area contributed by atoms with Crippen molar-refractivity contribution in [1.29, 1.82) is 5.26 Å². The summed E-state index contributed by atoms with van der Waals surface area (Å²) in [7, 11) is 0. The standard InChI is InChI=1S/C19H17N5O2/c1-2-26-18-10-14(8-9-21-18)19(25)23-17(11-20)15-12-22-24(13-15)16-6-4-3-5-7-16/h3-10,12-13,17H,2H2,1H3,(H,23,25). The molecule has 2 heterocycles. The average molecular weight is 347 g/mol. The lowest BCUT2D eigenvalue weighted by molar-refractivity contribution is 0.0944. The SMILES string of the molecule is CCOc1cc(C(=O)NC(C#N)c2cnn(-c3ccccc3)c2)ccn1. The fourth-order valence-electron chi connectivity index (χ4n) is 2.39. The Morgan fingerprint density at radius 1 is 1.35 bits per heavy atom. The van der Waals surface area contributed by atoms with Crippen molar-refractivity contribution in [2.75, 3.05) is 6.61 Å². The number of hydrogen-bond acceptors (Lipinski definition) is 5. The predicted octanol–water partition coefficient (Wildman–Crippen LogP) is 2.66. The van der Waals surface area contributed by atoms with Crippen LogP contribution < -0.4 is 10.1 Å². The van der Waals surface area contributed by atoms with Crippen molar-refractivity contribution >= 4 is 5.91 Å². The smallest absolute Gasteiger partial charge is 0.252 e. The molecule has 1 N–H and O–H groups in total. The van der Waals surface area contributed by atoms with E-state index in [-0.39, 0.29) is 5.91 Å². The highest BCUT2D eigenvalue weighted by molar-refractivity contribution is 5.94. The first-order valence-corrected chi connectivity index (χ1v) is 8.10. The van der Waals surface area contributed by atoms with Crippen LogP contribution in [0.5, 0.6) is 5.88 Å². The first-order chi connectivity index (χ1) is 12.7. The number of carbonyl (C=O) groups is 1. The molecule has 0 fully saturated rings. The Balaban J connectivity index is 1.76. The van der Waals surface area contributed by atoms with Gasteiger partial charge in [0.05, 0.1) is 24.6 Å². The number of para-hydroxylation sites is 1. The normalized spacial score (nSPS) is 11.4. The van der Waals surface area contributed by atoms with Gasteiger partial charge in [-0.1, -0.05) is 18.2 Å². The number of nitrogens with zero attached hydrogens (tertiary/aromatic N) is 4. The molecule has 0 aliphatic heterocycles. The number of nitrogens with one attached hydrogen (secondary N) is 1. The molecule has 0 aliphatic carbocycles. The number of nitriles is 1. The maximum atomic E-state index is 12.4. The zero-order chi connectivity index (χ0) is 18.4. The summed E-state index contributed by atoms with van der Waals surface area (Å²) in [5.41, 5.74) is 1.85. The second-order valence-electron chi connectivity index (χ2n) is 5.41. The first kappa shape index (κ1) is 17.2. The van der Waals surface area contributed by atoms with Gasteiger partial charge in [-0.15, -0.1) is 0 Å². The molecule has 0 radical (unpaired) electrons. The van der Waals surface area contributed by atoms with Gasteiger partial charge in [0.1, 0.15) is 6.04 Å². The number of benzene rings is 1. The molecule has 130 valence electrons. The van der Waals surface area contributed by atoms with Gasteiger partial charge in [0.2, 0.25) is 5.88 Å². The fourth-order valence-corrected chi connectivity index (χ4v) is 2.39. The number of hydrogen-bond donors (Lipinski definition) is 1. The summed E-state index contributed by atoms with van der Waals surface area (Å²) in [6.45, 7) is 2.29. The Morgan fingerprint density at radius 2 is 2.15 bits per heavy atom. The van der Waals surface area contributed by atoms with E-state index in [9.17, 15) is 10.1 Å². The fraction of sp³-hybridized carbons (Fsp3) is 0.158. The molecule has 0 bridgehead atoms. The minimum atomic E-state index is -0.816. The van der Waals surface area contributed by atoms with E-state index >= 15 is 0 Å². The third-order valence-electron chi connectivity index (χ3n) is 3.65. The summed E-state index contributed by atoms with van der Waals surface area (Å²) in [4.78, 5) is 16.5. The molecule has 7 heteroatoms. The quantitative estimate of drug-likeness (QED) is 0.740. The largest absolute Gasteiger partial charge is 0.478 e.